The number of nitrogens with zero attached hydrogens (tertiary/aromatic N) is 5. The third kappa shape index (κ3) is 3.30. The van der Waals surface area contributed by atoms with Crippen LogP contribution in [0.15, 0.2) is 6.33 Å². The Morgan fingerprint density at radius 3 is 2.65 bits per heavy atom. The van der Waals surface area contributed by atoms with E-state index in [1.54, 1.807) is 0 Å². The van der Waals surface area contributed by atoms with Gasteiger partial charge in [-0.05, 0) is 20.3 Å². The van der Waals surface area contributed by atoms with E-state index >= 15 is 0 Å². The molecule has 0 spiro atoms. The Bertz CT molecular complexity index is 550. The van der Waals surface area contributed by atoms with E-state index in [0.717, 1.165) is 19.0 Å². The Morgan fingerprint density at radius 2 is 2.04 bits per heavy atom. The lowest BCUT2D eigenvalue weighted by molar-refractivity contribution is -0.144. The fourth-order valence-corrected chi connectivity index (χ4v) is 3.32. The second-order valence-corrected chi connectivity index (χ2v) is 6.50. The lowest BCUT2D eigenvalue weighted by atomic mass is 9.94. The third-order valence-electron chi connectivity index (χ3n) is 4.71. The highest BCUT2D eigenvalue weighted by Gasteiger charge is 2.34. The van der Waals surface area contributed by atoms with Crippen molar-refractivity contribution >= 4 is 17.8 Å². The maximum atomic E-state index is 12.8. The standard InChI is InChI=1S/C15H24N6O2/c1-11(2)21-9-12(3-4-13(21)22)14(23)19-5-7-20(8-6-19)15-16-10-17-18-15/h10-12H,3-9H2,1-2H3,(H,16,17,18)/t12-/m0/s1. The van der Waals surface area contributed by atoms with Crippen LogP contribution >= 0.6 is 0 Å². The summed E-state index contributed by atoms with van der Waals surface area (Å²) in [7, 11) is 0. The predicted molar refractivity (Wildman–Crippen MR) is 84.7 cm³/mol. The molecule has 0 unspecified atom stereocenters. The summed E-state index contributed by atoms with van der Waals surface area (Å²) in [4.78, 5) is 34.7. The van der Waals surface area contributed by atoms with E-state index in [0.29, 0.717) is 32.5 Å². The van der Waals surface area contributed by atoms with Crippen molar-refractivity contribution < 1.29 is 9.59 Å². The molecule has 1 aromatic heterocycles. The largest absolute Gasteiger partial charge is 0.339 e. The van der Waals surface area contributed by atoms with Gasteiger partial charge in [0.2, 0.25) is 17.8 Å². The molecule has 2 fully saturated rings. The molecule has 1 N–H and O–H groups in total. The van der Waals surface area contributed by atoms with Gasteiger partial charge in [0.15, 0.2) is 0 Å². The van der Waals surface area contributed by atoms with Crippen molar-refractivity contribution in [1.29, 1.82) is 0 Å². The first-order valence-corrected chi connectivity index (χ1v) is 8.25. The number of aromatic amines is 1. The minimum atomic E-state index is -0.0630. The van der Waals surface area contributed by atoms with Gasteiger partial charge in [-0.25, -0.2) is 5.10 Å². The number of anilines is 1. The minimum absolute atomic E-state index is 0.0630. The number of nitrogens with one attached hydrogen (secondary N) is 1. The predicted octanol–water partition coefficient (Wildman–Crippen LogP) is 0.100. The SMILES string of the molecule is CC(C)N1C[C@@H](C(=O)N2CCN(c3ncn[nH]3)CC2)CCC1=O. The zero-order valence-corrected chi connectivity index (χ0v) is 13.7. The van der Waals surface area contributed by atoms with Crippen LogP contribution in [0.25, 0.3) is 0 Å². The van der Waals surface area contributed by atoms with Gasteiger partial charge in [0, 0.05) is 45.2 Å². The maximum Gasteiger partial charge on any atom is 0.227 e. The Labute approximate surface area is 135 Å². The summed E-state index contributed by atoms with van der Waals surface area (Å²) in [5, 5.41) is 6.72. The average Bonchev–Trinajstić information content (AvgIpc) is 3.09. The van der Waals surface area contributed by atoms with Crippen LogP contribution in [0.5, 0.6) is 0 Å². The van der Waals surface area contributed by atoms with E-state index in [1.165, 1.54) is 6.33 Å². The van der Waals surface area contributed by atoms with Crippen LogP contribution in [-0.2, 0) is 9.59 Å². The molecule has 23 heavy (non-hydrogen) atoms. The van der Waals surface area contributed by atoms with Gasteiger partial charge in [0.1, 0.15) is 6.33 Å². The Hall–Kier alpha value is -2.12. The monoisotopic (exact) mass is 320 g/mol. The smallest absolute Gasteiger partial charge is 0.227 e. The van der Waals surface area contributed by atoms with Gasteiger partial charge < -0.3 is 14.7 Å². The van der Waals surface area contributed by atoms with E-state index in [-0.39, 0.29) is 23.8 Å². The second kappa shape index (κ2) is 6.55. The van der Waals surface area contributed by atoms with Crippen LogP contribution < -0.4 is 4.90 Å². The summed E-state index contributed by atoms with van der Waals surface area (Å²) >= 11 is 0. The van der Waals surface area contributed by atoms with Crippen molar-refractivity contribution in [1.82, 2.24) is 25.0 Å². The molecule has 0 aliphatic carbocycles. The lowest BCUT2D eigenvalue weighted by Crippen LogP contribution is -2.54. The minimum Gasteiger partial charge on any atom is -0.339 e. The molecular formula is C15H24N6O2. The quantitative estimate of drug-likeness (QED) is 0.854. The summed E-state index contributed by atoms with van der Waals surface area (Å²) in [6, 6.07) is 0.154. The molecule has 8 nitrogen and oxygen atoms in total. The molecule has 2 aliphatic heterocycles. The number of H-pyrrole nitrogens is 1. The summed E-state index contributed by atoms with van der Waals surface area (Å²) in [6.45, 7) is 7.43. The van der Waals surface area contributed by atoms with E-state index in [2.05, 4.69) is 20.1 Å². The van der Waals surface area contributed by atoms with E-state index in [9.17, 15) is 9.59 Å². The van der Waals surface area contributed by atoms with Crippen LogP contribution in [0.1, 0.15) is 26.7 Å². The molecule has 1 aromatic rings. The molecule has 0 saturated carbocycles. The van der Waals surface area contributed by atoms with Gasteiger partial charge in [-0.1, -0.05) is 0 Å². The number of likely N-dealkylation sites (tertiary alicyclic amines) is 1. The van der Waals surface area contributed by atoms with Crippen LogP contribution in [0.3, 0.4) is 0 Å². The van der Waals surface area contributed by atoms with Gasteiger partial charge in [0.25, 0.3) is 0 Å². The van der Waals surface area contributed by atoms with Crippen molar-refractivity contribution in [3.8, 4) is 0 Å². The molecule has 0 bridgehead atoms. The van der Waals surface area contributed by atoms with Gasteiger partial charge in [-0.15, -0.1) is 0 Å². The molecule has 2 saturated heterocycles. The number of carbonyl (C=O) groups is 2. The lowest BCUT2D eigenvalue weighted by Gasteiger charge is -2.39. The fourth-order valence-electron chi connectivity index (χ4n) is 3.32. The Balaban J connectivity index is 1.56. The number of carbonyl (C=O) groups excluding carboxylic acids is 2. The van der Waals surface area contributed by atoms with Gasteiger partial charge in [-0.2, -0.15) is 10.1 Å². The normalized spacial score (nSPS) is 22.8. The zero-order chi connectivity index (χ0) is 16.4. The average molecular weight is 320 g/mol. The Morgan fingerprint density at radius 1 is 1.30 bits per heavy atom. The summed E-state index contributed by atoms with van der Waals surface area (Å²) in [5.41, 5.74) is 0. The first kappa shape index (κ1) is 15.8. The van der Waals surface area contributed by atoms with Crippen molar-refractivity contribution in [3.63, 3.8) is 0 Å². The van der Waals surface area contributed by atoms with Gasteiger partial charge in [0.05, 0.1) is 5.92 Å². The topological polar surface area (TPSA) is 85.4 Å². The number of amides is 2. The van der Waals surface area contributed by atoms with E-state index in [4.69, 9.17) is 0 Å². The van der Waals surface area contributed by atoms with Crippen molar-refractivity contribution in [2.75, 3.05) is 37.6 Å². The van der Waals surface area contributed by atoms with Crippen LogP contribution in [0.2, 0.25) is 0 Å². The Kier molecular flexibility index (Phi) is 4.49. The molecule has 126 valence electrons. The van der Waals surface area contributed by atoms with E-state index in [1.807, 2.05) is 23.6 Å². The highest BCUT2D eigenvalue weighted by Crippen LogP contribution is 2.22. The third-order valence-corrected chi connectivity index (χ3v) is 4.71. The summed E-state index contributed by atoms with van der Waals surface area (Å²) < 4.78 is 0. The molecule has 8 heteroatoms. The fraction of sp³-hybridized carbons (Fsp3) is 0.733. The highest BCUT2D eigenvalue weighted by atomic mass is 16.2. The summed E-state index contributed by atoms with van der Waals surface area (Å²) in [5.74, 6) is 1.04. The molecule has 3 heterocycles. The van der Waals surface area contributed by atoms with Crippen LogP contribution in [0.4, 0.5) is 5.95 Å². The van der Waals surface area contributed by atoms with Crippen molar-refractivity contribution in [2.45, 2.75) is 32.7 Å². The maximum absolute atomic E-state index is 12.8. The highest BCUT2D eigenvalue weighted by molar-refractivity contribution is 5.84. The molecule has 2 aliphatic rings. The number of piperidine rings is 1. The number of hydrogen-bond acceptors (Lipinski definition) is 5. The second-order valence-electron chi connectivity index (χ2n) is 6.50. The molecule has 0 radical (unpaired) electrons. The van der Waals surface area contributed by atoms with Crippen LogP contribution in [-0.4, -0.2) is 75.6 Å². The first-order chi connectivity index (χ1) is 11.1. The molecule has 3 rings (SSSR count). The van der Waals surface area contributed by atoms with E-state index < -0.39 is 0 Å². The zero-order valence-electron chi connectivity index (χ0n) is 13.7. The number of aromatic nitrogens is 3. The number of rotatable bonds is 3. The first-order valence-electron chi connectivity index (χ1n) is 8.25. The van der Waals surface area contributed by atoms with Crippen LogP contribution in [0, 0.1) is 5.92 Å². The van der Waals surface area contributed by atoms with Gasteiger partial charge in [-0.3, -0.25) is 9.59 Å². The molecule has 1 atom stereocenters. The molecular weight excluding hydrogens is 296 g/mol. The summed E-state index contributed by atoms with van der Waals surface area (Å²) in [6.07, 6.45) is 2.64. The van der Waals surface area contributed by atoms with Crippen molar-refractivity contribution in [2.24, 2.45) is 5.92 Å². The molecule has 2 amide bonds. The number of hydrogen-bond donors (Lipinski definition) is 1. The van der Waals surface area contributed by atoms with Gasteiger partial charge >= 0.3 is 0 Å². The van der Waals surface area contributed by atoms with Crippen molar-refractivity contribution in [3.05, 3.63) is 6.33 Å². The number of piperazine rings is 1. The molecule has 0 aromatic carbocycles.